The molecule has 3 N–H and O–H groups in total. The molecule has 0 amide bonds. The molecule has 1 heterocycles. The monoisotopic (exact) mass is 218 g/mol. The fourth-order valence-corrected chi connectivity index (χ4v) is 1.24. The molecule has 0 bridgehead atoms. The summed E-state index contributed by atoms with van der Waals surface area (Å²) in [7, 11) is 0. The van der Waals surface area contributed by atoms with E-state index in [2.05, 4.69) is 11.3 Å². The molecule has 86 valence electrons. The maximum atomic E-state index is 11.3. The van der Waals surface area contributed by atoms with E-state index in [0.717, 1.165) is 0 Å². The Morgan fingerprint density at radius 1 is 1.47 bits per heavy atom. The molecule has 0 radical (unpaired) electrons. The number of aliphatic hydroxyl groups excluding tert-OH is 3. The molecule has 1 aliphatic rings. The first-order valence-electron chi connectivity index (χ1n) is 4.51. The van der Waals surface area contributed by atoms with Gasteiger partial charge in [0.05, 0.1) is 6.61 Å². The molecule has 1 rings (SSSR count). The van der Waals surface area contributed by atoms with Gasteiger partial charge in [-0.2, -0.15) is 0 Å². The van der Waals surface area contributed by atoms with Gasteiger partial charge in [0, 0.05) is 0 Å². The summed E-state index contributed by atoms with van der Waals surface area (Å²) < 4.78 is 9.51. The van der Waals surface area contributed by atoms with Gasteiger partial charge >= 0.3 is 5.97 Å². The van der Waals surface area contributed by atoms with Crippen LogP contribution >= 0.6 is 0 Å². The second-order valence-corrected chi connectivity index (χ2v) is 3.22. The molecule has 0 aromatic heterocycles. The Labute approximate surface area is 86.7 Å². The molecule has 6 nitrogen and oxygen atoms in total. The molecular weight excluding hydrogens is 204 g/mol. The molecule has 0 saturated carbocycles. The van der Waals surface area contributed by atoms with Gasteiger partial charge in [-0.05, 0) is 0 Å². The predicted molar refractivity (Wildman–Crippen MR) is 48.9 cm³/mol. The lowest BCUT2D eigenvalue weighted by Crippen LogP contribution is -2.55. The number of hydrogen-bond donors (Lipinski definition) is 3. The van der Waals surface area contributed by atoms with E-state index in [-0.39, 0.29) is 13.2 Å². The van der Waals surface area contributed by atoms with E-state index in [9.17, 15) is 15.0 Å². The molecule has 0 unspecified atom stereocenters. The van der Waals surface area contributed by atoms with Crippen LogP contribution in [0.2, 0.25) is 0 Å². The molecule has 0 aromatic carbocycles. The molecule has 1 aliphatic heterocycles. The molecular formula is C9H14O6. The van der Waals surface area contributed by atoms with Gasteiger partial charge in [-0.3, -0.25) is 0 Å². The van der Waals surface area contributed by atoms with Crippen LogP contribution < -0.4 is 0 Å². The number of carbonyl (C=O) groups excluding carboxylic acids is 1. The van der Waals surface area contributed by atoms with Crippen molar-refractivity contribution >= 4 is 5.97 Å². The van der Waals surface area contributed by atoms with E-state index in [4.69, 9.17) is 9.84 Å². The smallest absolute Gasteiger partial charge is 0.338 e. The van der Waals surface area contributed by atoms with Crippen LogP contribution in [0.1, 0.15) is 0 Å². The van der Waals surface area contributed by atoms with Crippen molar-refractivity contribution in [2.75, 3.05) is 13.2 Å². The zero-order valence-corrected chi connectivity index (χ0v) is 8.07. The highest BCUT2D eigenvalue weighted by Crippen LogP contribution is 2.16. The van der Waals surface area contributed by atoms with Crippen molar-refractivity contribution in [2.45, 2.75) is 24.4 Å². The molecule has 0 aromatic rings. The van der Waals surface area contributed by atoms with Crippen LogP contribution in [-0.2, 0) is 14.3 Å². The minimum atomic E-state index is -1.48. The van der Waals surface area contributed by atoms with E-state index in [1.54, 1.807) is 0 Å². The van der Waals surface area contributed by atoms with Gasteiger partial charge in [0.15, 0.2) is 6.10 Å². The number of hydrogen-bond acceptors (Lipinski definition) is 6. The van der Waals surface area contributed by atoms with Crippen LogP contribution in [0.3, 0.4) is 0 Å². The van der Waals surface area contributed by atoms with Crippen LogP contribution in [0.4, 0.5) is 0 Å². The lowest BCUT2D eigenvalue weighted by atomic mass is 10.0. The minimum Gasteiger partial charge on any atom is -0.459 e. The fourth-order valence-electron chi connectivity index (χ4n) is 1.24. The first kappa shape index (κ1) is 12.1. The van der Waals surface area contributed by atoms with Gasteiger partial charge in [0.25, 0.3) is 0 Å². The third-order valence-corrected chi connectivity index (χ3v) is 2.08. The van der Waals surface area contributed by atoms with Crippen molar-refractivity contribution in [1.29, 1.82) is 0 Å². The number of carbonyl (C=O) groups is 1. The van der Waals surface area contributed by atoms with Gasteiger partial charge in [-0.1, -0.05) is 12.7 Å². The second-order valence-electron chi connectivity index (χ2n) is 3.22. The summed E-state index contributed by atoms with van der Waals surface area (Å²) >= 11 is 0. The number of ether oxygens (including phenoxy) is 2. The zero-order valence-electron chi connectivity index (χ0n) is 8.07. The largest absolute Gasteiger partial charge is 0.459 e. The highest BCUT2D eigenvalue weighted by atomic mass is 16.6. The van der Waals surface area contributed by atoms with E-state index in [0.29, 0.717) is 0 Å². The van der Waals surface area contributed by atoms with E-state index in [1.807, 2.05) is 0 Å². The van der Waals surface area contributed by atoms with Crippen molar-refractivity contribution in [3.8, 4) is 0 Å². The molecule has 0 aliphatic carbocycles. The van der Waals surface area contributed by atoms with E-state index < -0.39 is 30.4 Å². The topological polar surface area (TPSA) is 96.2 Å². The lowest BCUT2D eigenvalue weighted by Gasteiger charge is -2.33. The summed E-state index contributed by atoms with van der Waals surface area (Å²) in [6.45, 7) is 3.14. The Hall–Kier alpha value is -0.950. The Bertz CT molecular complexity index is 241. The molecule has 0 spiro atoms. The molecule has 1 fully saturated rings. The summed E-state index contributed by atoms with van der Waals surface area (Å²) in [4.78, 5) is 11.3. The van der Waals surface area contributed by atoms with Gasteiger partial charge in [0.2, 0.25) is 0 Å². The quantitative estimate of drug-likeness (QED) is 0.382. The van der Waals surface area contributed by atoms with Crippen LogP contribution in [0, 0.1) is 0 Å². The third-order valence-electron chi connectivity index (χ3n) is 2.08. The Balaban J connectivity index is 2.55. The average Bonchev–Trinajstić information content (AvgIpc) is 2.23. The molecule has 6 heteroatoms. The Morgan fingerprint density at radius 3 is 2.73 bits per heavy atom. The number of esters is 1. The van der Waals surface area contributed by atoms with Gasteiger partial charge in [-0.15, -0.1) is 0 Å². The van der Waals surface area contributed by atoms with Crippen LogP contribution in [0.15, 0.2) is 12.7 Å². The zero-order chi connectivity index (χ0) is 11.4. The summed E-state index contributed by atoms with van der Waals surface area (Å²) in [6, 6.07) is 0. The maximum Gasteiger partial charge on any atom is 0.338 e. The van der Waals surface area contributed by atoms with Crippen molar-refractivity contribution in [2.24, 2.45) is 0 Å². The second kappa shape index (κ2) is 5.22. The van der Waals surface area contributed by atoms with Gasteiger partial charge in [-0.25, -0.2) is 4.79 Å². The van der Waals surface area contributed by atoms with Crippen molar-refractivity contribution in [3.63, 3.8) is 0 Å². The van der Waals surface area contributed by atoms with Gasteiger partial charge in [0.1, 0.15) is 24.9 Å². The summed E-state index contributed by atoms with van der Waals surface area (Å²) in [5, 5.41) is 27.8. The summed E-state index contributed by atoms with van der Waals surface area (Å²) in [6.07, 6.45) is -3.96. The van der Waals surface area contributed by atoms with E-state index in [1.165, 1.54) is 6.08 Å². The first-order chi connectivity index (χ1) is 7.07. The third kappa shape index (κ3) is 2.75. The average molecular weight is 218 g/mol. The maximum absolute atomic E-state index is 11.3. The molecule has 1 saturated heterocycles. The Morgan fingerprint density at radius 2 is 2.13 bits per heavy atom. The van der Waals surface area contributed by atoms with Crippen molar-refractivity contribution in [3.05, 3.63) is 12.7 Å². The summed E-state index contributed by atoms with van der Waals surface area (Å²) in [5.41, 5.74) is 0. The van der Waals surface area contributed by atoms with Crippen molar-refractivity contribution in [1.82, 2.24) is 0 Å². The number of aliphatic hydroxyl groups is 3. The van der Waals surface area contributed by atoms with Crippen molar-refractivity contribution < 1.29 is 29.6 Å². The highest BCUT2D eigenvalue weighted by molar-refractivity contribution is 5.75. The fraction of sp³-hybridized carbons (Fsp3) is 0.667. The first-order valence-corrected chi connectivity index (χ1v) is 4.51. The standard InChI is InChI=1S/C9H14O6/c1-2-3-14-9(13)8-7(12)6(11)5(10)4-15-8/h2,5-8,10-12H,1,3-4H2/t5-,6+,7-,8-/m0/s1. The van der Waals surface area contributed by atoms with Gasteiger partial charge < -0.3 is 24.8 Å². The minimum absolute atomic E-state index is 0.00403. The molecule has 4 atom stereocenters. The Kier molecular flexibility index (Phi) is 4.22. The van der Waals surface area contributed by atoms with E-state index >= 15 is 0 Å². The number of rotatable bonds is 3. The highest BCUT2D eigenvalue weighted by Gasteiger charge is 2.42. The van der Waals surface area contributed by atoms with Crippen LogP contribution in [0.5, 0.6) is 0 Å². The van der Waals surface area contributed by atoms with Crippen LogP contribution in [0.25, 0.3) is 0 Å². The normalized spacial score (nSPS) is 35.9. The SMILES string of the molecule is C=CCOC(=O)[C@H]1OC[C@H](O)[C@@H](O)[C@@H]1O. The van der Waals surface area contributed by atoms with Crippen LogP contribution in [-0.4, -0.2) is 58.9 Å². The molecule has 15 heavy (non-hydrogen) atoms. The lowest BCUT2D eigenvalue weighted by molar-refractivity contribution is -0.204. The summed E-state index contributed by atoms with van der Waals surface area (Å²) in [5.74, 6) is -0.784. The predicted octanol–water partition coefficient (Wildman–Crippen LogP) is -1.80.